The summed E-state index contributed by atoms with van der Waals surface area (Å²) >= 11 is 1.86. The Morgan fingerprint density at radius 1 is 1.61 bits per heavy atom. The number of nitrogen functional groups attached to an aromatic ring is 1. The molecular formula is C12H15FN2O2S. The maximum absolute atomic E-state index is 13.7. The predicted octanol–water partition coefficient (Wildman–Crippen LogP) is 2.05. The molecule has 0 aliphatic carbocycles. The van der Waals surface area contributed by atoms with Crippen LogP contribution in [0.1, 0.15) is 17.3 Å². The summed E-state index contributed by atoms with van der Waals surface area (Å²) in [5.74, 6) is -1.07. The number of nitrogens with zero attached hydrogens (tertiary/aromatic N) is 1. The van der Waals surface area contributed by atoms with Crippen LogP contribution >= 0.6 is 11.8 Å². The Kier molecular flexibility index (Phi) is 3.65. The molecule has 1 aliphatic heterocycles. The van der Waals surface area contributed by atoms with Gasteiger partial charge in [0.15, 0.2) is 0 Å². The molecule has 0 radical (unpaired) electrons. The third kappa shape index (κ3) is 2.53. The first-order valence-electron chi connectivity index (χ1n) is 5.68. The number of hydrogen-bond acceptors (Lipinski definition) is 4. The van der Waals surface area contributed by atoms with Gasteiger partial charge < -0.3 is 15.7 Å². The highest BCUT2D eigenvalue weighted by atomic mass is 32.2. The van der Waals surface area contributed by atoms with Crippen molar-refractivity contribution in [2.45, 2.75) is 12.2 Å². The molecule has 1 heterocycles. The minimum absolute atomic E-state index is 0.313. The number of rotatable bonds is 2. The third-order valence-corrected chi connectivity index (χ3v) is 4.06. The molecule has 0 saturated carbocycles. The molecule has 1 aromatic rings. The molecule has 6 heteroatoms. The third-order valence-electron chi connectivity index (χ3n) is 2.93. The normalized spacial score (nSPS) is 19.9. The topological polar surface area (TPSA) is 66.6 Å². The lowest BCUT2D eigenvalue weighted by Gasteiger charge is -2.33. The highest BCUT2D eigenvalue weighted by Crippen LogP contribution is 2.30. The van der Waals surface area contributed by atoms with Crippen LogP contribution in [0.3, 0.4) is 0 Å². The summed E-state index contributed by atoms with van der Waals surface area (Å²) in [6.45, 7) is 3.70. The first-order chi connectivity index (χ1) is 8.49. The number of carboxylic acids is 1. The van der Waals surface area contributed by atoms with Gasteiger partial charge in [0.25, 0.3) is 0 Å². The molecule has 0 aromatic heterocycles. The van der Waals surface area contributed by atoms with Crippen molar-refractivity contribution < 1.29 is 14.3 Å². The molecule has 1 aromatic carbocycles. The van der Waals surface area contributed by atoms with Crippen LogP contribution in [0.4, 0.5) is 15.8 Å². The lowest BCUT2D eigenvalue weighted by Crippen LogP contribution is -2.37. The standard InChI is InChI=1S/C12H15FN2O2S/c1-7-6-15(2-3-18-7)11-5-9(13)8(12(16)17)4-10(11)14/h4-5,7H,2-3,6,14H2,1H3,(H,16,17). The highest BCUT2D eigenvalue weighted by Gasteiger charge is 2.21. The van der Waals surface area contributed by atoms with Gasteiger partial charge in [0.2, 0.25) is 0 Å². The number of anilines is 2. The van der Waals surface area contributed by atoms with Crippen molar-refractivity contribution >= 4 is 29.1 Å². The maximum Gasteiger partial charge on any atom is 0.338 e. The van der Waals surface area contributed by atoms with Gasteiger partial charge in [-0.25, -0.2) is 9.18 Å². The fraction of sp³-hybridized carbons (Fsp3) is 0.417. The Balaban J connectivity index is 2.34. The maximum atomic E-state index is 13.7. The van der Waals surface area contributed by atoms with Gasteiger partial charge in [0, 0.05) is 30.2 Å². The Morgan fingerprint density at radius 2 is 2.33 bits per heavy atom. The van der Waals surface area contributed by atoms with E-state index in [1.54, 1.807) is 0 Å². The largest absolute Gasteiger partial charge is 0.478 e. The van der Waals surface area contributed by atoms with Gasteiger partial charge >= 0.3 is 5.97 Å². The van der Waals surface area contributed by atoms with Crippen molar-refractivity contribution in [1.82, 2.24) is 0 Å². The lowest BCUT2D eigenvalue weighted by atomic mass is 10.1. The van der Waals surface area contributed by atoms with Crippen LogP contribution in [0.2, 0.25) is 0 Å². The second-order valence-corrected chi connectivity index (χ2v) is 5.87. The summed E-state index contributed by atoms with van der Waals surface area (Å²) in [7, 11) is 0. The lowest BCUT2D eigenvalue weighted by molar-refractivity contribution is 0.0692. The monoisotopic (exact) mass is 270 g/mol. The first kappa shape index (κ1) is 13.0. The Morgan fingerprint density at radius 3 is 2.94 bits per heavy atom. The summed E-state index contributed by atoms with van der Waals surface area (Å²) in [5, 5.41) is 9.28. The fourth-order valence-corrected chi connectivity index (χ4v) is 3.07. The Bertz CT molecular complexity index is 481. The Hall–Kier alpha value is -1.43. The molecule has 2 rings (SSSR count). The van der Waals surface area contributed by atoms with Crippen LogP contribution in [-0.4, -0.2) is 35.2 Å². The van der Waals surface area contributed by atoms with E-state index < -0.39 is 11.8 Å². The molecule has 1 aliphatic rings. The van der Waals surface area contributed by atoms with Crippen LogP contribution in [-0.2, 0) is 0 Å². The van der Waals surface area contributed by atoms with Gasteiger partial charge in [-0.15, -0.1) is 0 Å². The molecule has 1 fully saturated rings. The zero-order chi connectivity index (χ0) is 13.3. The zero-order valence-corrected chi connectivity index (χ0v) is 10.8. The van der Waals surface area contributed by atoms with E-state index in [4.69, 9.17) is 10.8 Å². The molecule has 0 amide bonds. The number of carboxylic acid groups (broad SMARTS) is 1. The molecular weight excluding hydrogens is 255 g/mol. The van der Waals surface area contributed by atoms with Crippen molar-refractivity contribution in [2.75, 3.05) is 29.5 Å². The molecule has 18 heavy (non-hydrogen) atoms. The molecule has 1 saturated heterocycles. The van der Waals surface area contributed by atoms with Crippen molar-refractivity contribution in [1.29, 1.82) is 0 Å². The van der Waals surface area contributed by atoms with Crippen molar-refractivity contribution in [3.05, 3.63) is 23.5 Å². The molecule has 0 spiro atoms. The van der Waals surface area contributed by atoms with Crippen molar-refractivity contribution in [3.8, 4) is 0 Å². The second-order valence-electron chi connectivity index (χ2n) is 4.32. The summed E-state index contributed by atoms with van der Waals surface area (Å²) in [6.07, 6.45) is 0. The Labute approximate surface area is 109 Å². The summed E-state index contributed by atoms with van der Waals surface area (Å²) in [6, 6.07) is 2.42. The summed E-state index contributed by atoms with van der Waals surface area (Å²) in [5.41, 5.74) is 6.35. The first-order valence-corrected chi connectivity index (χ1v) is 6.72. The smallest absolute Gasteiger partial charge is 0.338 e. The fourth-order valence-electron chi connectivity index (χ4n) is 2.05. The van der Waals surface area contributed by atoms with Crippen molar-refractivity contribution in [2.24, 2.45) is 0 Å². The van der Waals surface area contributed by atoms with E-state index in [0.717, 1.165) is 18.8 Å². The average Bonchev–Trinajstić information content (AvgIpc) is 2.31. The highest BCUT2D eigenvalue weighted by molar-refractivity contribution is 8.00. The summed E-state index contributed by atoms with van der Waals surface area (Å²) < 4.78 is 13.7. The number of hydrogen-bond donors (Lipinski definition) is 2. The van der Waals surface area contributed by atoms with E-state index in [1.165, 1.54) is 12.1 Å². The number of benzene rings is 1. The van der Waals surface area contributed by atoms with Gasteiger partial charge in [-0.05, 0) is 6.07 Å². The number of carbonyl (C=O) groups is 1. The number of thioether (sulfide) groups is 1. The van der Waals surface area contributed by atoms with Gasteiger partial charge in [-0.2, -0.15) is 11.8 Å². The number of aromatic carboxylic acids is 1. The minimum Gasteiger partial charge on any atom is -0.478 e. The van der Waals surface area contributed by atoms with Crippen LogP contribution in [0.15, 0.2) is 12.1 Å². The second kappa shape index (κ2) is 5.06. The molecule has 3 N–H and O–H groups in total. The van der Waals surface area contributed by atoms with Gasteiger partial charge in [0.05, 0.1) is 16.9 Å². The SMILES string of the molecule is CC1CN(c2cc(F)c(C(=O)O)cc2N)CCS1. The quantitative estimate of drug-likeness (QED) is 0.805. The number of nitrogens with two attached hydrogens (primary N) is 1. The summed E-state index contributed by atoms with van der Waals surface area (Å²) in [4.78, 5) is 12.8. The molecule has 1 unspecified atom stereocenters. The predicted molar refractivity (Wildman–Crippen MR) is 71.9 cm³/mol. The van der Waals surface area contributed by atoms with Crippen LogP contribution in [0, 0.1) is 5.82 Å². The van der Waals surface area contributed by atoms with Crippen LogP contribution in [0.25, 0.3) is 0 Å². The number of halogens is 1. The van der Waals surface area contributed by atoms with E-state index >= 15 is 0 Å². The average molecular weight is 270 g/mol. The van der Waals surface area contributed by atoms with Gasteiger partial charge in [-0.3, -0.25) is 0 Å². The van der Waals surface area contributed by atoms with Gasteiger partial charge in [0.1, 0.15) is 5.82 Å². The van der Waals surface area contributed by atoms with E-state index in [1.807, 2.05) is 16.7 Å². The van der Waals surface area contributed by atoms with Crippen LogP contribution < -0.4 is 10.6 Å². The zero-order valence-electron chi connectivity index (χ0n) is 10.0. The van der Waals surface area contributed by atoms with Crippen molar-refractivity contribution in [3.63, 3.8) is 0 Å². The van der Waals surface area contributed by atoms with E-state index in [-0.39, 0.29) is 5.56 Å². The minimum atomic E-state index is -1.30. The van der Waals surface area contributed by atoms with E-state index in [0.29, 0.717) is 16.6 Å². The molecule has 98 valence electrons. The van der Waals surface area contributed by atoms with Gasteiger partial charge in [-0.1, -0.05) is 6.92 Å². The van der Waals surface area contributed by atoms with E-state index in [2.05, 4.69) is 6.92 Å². The van der Waals surface area contributed by atoms with E-state index in [9.17, 15) is 9.18 Å². The molecule has 0 bridgehead atoms. The van der Waals surface area contributed by atoms with Crippen LogP contribution in [0.5, 0.6) is 0 Å². The molecule has 1 atom stereocenters. The molecule has 4 nitrogen and oxygen atoms in total.